The Morgan fingerprint density at radius 3 is 1.25 bits per heavy atom. The smallest absolute Gasteiger partial charge is 0.00386 e. The molecule has 78 valence electrons. The average Bonchev–Trinajstić information content (AvgIpc) is 1.92. The van der Waals surface area contributed by atoms with E-state index < -0.39 is 0 Å². The molecule has 1 heterocycles. The van der Waals surface area contributed by atoms with Gasteiger partial charge in [0, 0.05) is 6.04 Å². The summed E-state index contributed by atoms with van der Waals surface area (Å²) in [4.78, 5) is 2.47. The lowest BCUT2D eigenvalue weighted by Gasteiger charge is -2.34. The highest BCUT2D eigenvalue weighted by Crippen LogP contribution is 2.08. The van der Waals surface area contributed by atoms with Crippen LogP contribution >= 0.6 is 0 Å². The lowest BCUT2D eigenvalue weighted by Crippen LogP contribution is -2.41. The predicted molar refractivity (Wildman–Crippen MR) is 60.8 cm³/mol. The van der Waals surface area contributed by atoms with Crippen LogP contribution in [0.5, 0.6) is 0 Å². The Bertz CT molecular complexity index is 56.0. The number of nitrogens with zero attached hydrogens (tertiary/aromatic N) is 1. The Morgan fingerprint density at radius 1 is 0.917 bits per heavy atom. The van der Waals surface area contributed by atoms with Crippen molar-refractivity contribution >= 4 is 0 Å². The van der Waals surface area contributed by atoms with Crippen molar-refractivity contribution in [1.82, 2.24) is 4.90 Å². The third kappa shape index (κ3) is 8.06. The van der Waals surface area contributed by atoms with Crippen molar-refractivity contribution in [3.8, 4) is 0 Å². The molecule has 0 atom stereocenters. The van der Waals surface area contributed by atoms with E-state index in [9.17, 15) is 0 Å². The summed E-state index contributed by atoms with van der Waals surface area (Å²) in [5.74, 6) is 0. The molecule has 0 N–H and O–H groups in total. The van der Waals surface area contributed by atoms with Crippen LogP contribution in [0.1, 0.15) is 55.4 Å². The van der Waals surface area contributed by atoms with Gasteiger partial charge in [-0.3, -0.25) is 0 Å². The van der Waals surface area contributed by atoms with Gasteiger partial charge in [-0.2, -0.15) is 0 Å². The first-order chi connectivity index (χ1) is 5.30. The van der Waals surface area contributed by atoms with Crippen LogP contribution in [0.2, 0.25) is 0 Å². The second-order valence-electron chi connectivity index (χ2n) is 2.48. The molecule has 0 bridgehead atoms. The Morgan fingerprint density at radius 2 is 1.25 bits per heavy atom. The highest BCUT2D eigenvalue weighted by atomic mass is 15.2. The maximum atomic E-state index is 2.47. The maximum Gasteiger partial charge on any atom is 0.00386 e. The number of likely N-dealkylation sites (tertiary alicyclic amines) is 1. The quantitative estimate of drug-likeness (QED) is 0.586. The molecule has 0 saturated carbocycles. The first-order valence-electron chi connectivity index (χ1n) is 5.05. The Hall–Kier alpha value is -0.0400. The van der Waals surface area contributed by atoms with E-state index in [0.29, 0.717) is 0 Å². The molecular weight excluding hydrogens is 146 g/mol. The molecule has 12 heavy (non-hydrogen) atoms. The molecule has 0 amide bonds. The summed E-state index contributed by atoms with van der Waals surface area (Å²) in [6.45, 7) is 15.2. The van der Waals surface area contributed by atoms with Crippen LogP contribution in [0, 0.1) is 0 Å². The van der Waals surface area contributed by atoms with Crippen molar-refractivity contribution in [3.63, 3.8) is 0 Å². The summed E-state index contributed by atoms with van der Waals surface area (Å²) in [5, 5.41) is 0. The zero-order valence-electron chi connectivity index (χ0n) is 9.15. The van der Waals surface area contributed by atoms with E-state index in [-0.39, 0.29) is 7.43 Å². The summed E-state index contributed by atoms with van der Waals surface area (Å²) >= 11 is 0. The summed E-state index contributed by atoms with van der Waals surface area (Å²) in [5.41, 5.74) is 0. The average molecular weight is 175 g/mol. The molecule has 0 aliphatic carbocycles. The van der Waals surface area contributed by atoms with Crippen LogP contribution in [0.25, 0.3) is 0 Å². The minimum absolute atomic E-state index is 0. The minimum atomic E-state index is 0. The summed E-state index contributed by atoms with van der Waals surface area (Å²) in [7, 11) is 0. The van der Waals surface area contributed by atoms with Gasteiger partial charge < -0.3 is 4.90 Å². The highest BCUT2D eigenvalue weighted by molar-refractivity contribution is 4.71. The normalized spacial score (nSPS) is 14.2. The van der Waals surface area contributed by atoms with Gasteiger partial charge in [0.25, 0.3) is 0 Å². The molecule has 0 unspecified atom stereocenters. The minimum Gasteiger partial charge on any atom is -0.301 e. The van der Waals surface area contributed by atoms with Crippen molar-refractivity contribution in [2.24, 2.45) is 0 Å². The molecule has 0 spiro atoms. The third-order valence-corrected chi connectivity index (χ3v) is 1.62. The second-order valence-corrected chi connectivity index (χ2v) is 2.48. The first kappa shape index (κ1) is 17.9. The standard InChI is InChI=1S/C6H13N.2C2H6.CH4/c1-6(2)7-4-3-5-7;2*1-2;/h6H,3-5H2,1-2H3;2*1-2H3;1H4. The molecule has 1 fully saturated rings. The predicted octanol–water partition coefficient (Wildman–Crippen LogP) is 3.79. The summed E-state index contributed by atoms with van der Waals surface area (Å²) in [6, 6.07) is 0.786. The maximum absolute atomic E-state index is 2.47. The van der Waals surface area contributed by atoms with Crippen LogP contribution in [-0.4, -0.2) is 24.0 Å². The van der Waals surface area contributed by atoms with Gasteiger partial charge in [-0.05, 0) is 33.4 Å². The van der Waals surface area contributed by atoms with E-state index in [1.165, 1.54) is 19.5 Å². The third-order valence-electron chi connectivity index (χ3n) is 1.62. The van der Waals surface area contributed by atoms with Crippen molar-refractivity contribution < 1.29 is 0 Å². The molecule has 0 aromatic heterocycles. The Labute approximate surface area is 80.2 Å². The molecular formula is C11H29N. The molecule has 1 aliphatic rings. The van der Waals surface area contributed by atoms with Crippen molar-refractivity contribution in [3.05, 3.63) is 0 Å². The van der Waals surface area contributed by atoms with E-state index >= 15 is 0 Å². The van der Waals surface area contributed by atoms with Gasteiger partial charge in [0.05, 0.1) is 0 Å². The van der Waals surface area contributed by atoms with Crippen LogP contribution in [-0.2, 0) is 0 Å². The zero-order valence-corrected chi connectivity index (χ0v) is 9.15. The second kappa shape index (κ2) is 13.5. The van der Waals surface area contributed by atoms with Crippen LogP contribution in [0.3, 0.4) is 0 Å². The number of hydrogen-bond acceptors (Lipinski definition) is 1. The van der Waals surface area contributed by atoms with Crippen molar-refractivity contribution in [2.75, 3.05) is 13.1 Å². The van der Waals surface area contributed by atoms with Gasteiger partial charge in [0.15, 0.2) is 0 Å². The topological polar surface area (TPSA) is 3.24 Å². The molecule has 1 heteroatoms. The number of hydrogen-bond donors (Lipinski definition) is 0. The molecule has 0 aromatic carbocycles. The molecule has 0 aromatic rings. The molecule has 1 saturated heterocycles. The van der Waals surface area contributed by atoms with Gasteiger partial charge in [-0.15, -0.1) is 0 Å². The van der Waals surface area contributed by atoms with Crippen LogP contribution < -0.4 is 0 Å². The monoisotopic (exact) mass is 175 g/mol. The summed E-state index contributed by atoms with van der Waals surface area (Å²) < 4.78 is 0. The zero-order chi connectivity index (χ0) is 9.28. The Balaban J connectivity index is -0.000000144. The largest absolute Gasteiger partial charge is 0.301 e. The van der Waals surface area contributed by atoms with E-state index in [4.69, 9.17) is 0 Å². The van der Waals surface area contributed by atoms with E-state index in [0.717, 1.165) is 6.04 Å². The highest BCUT2D eigenvalue weighted by Gasteiger charge is 2.15. The molecule has 1 aliphatic heterocycles. The van der Waals surface area contributed by atoms with Gasteiger partial charge in [0.1, 0.15) is 0 Å². The van der Waals surface area contributed by atoms with Crippen molar-refractivity contribution in [2.45, 2.75) is 61.4 Å². The fourth-order valence-corrected chi connectivity index (χ4v) is 0.857. The fourth-order valence-electron chi connectivity index (χ4n) is 0.857. The molecule has 1 nitrogen and oxygen atoms in total. The van der Waals surface area contributed by atoms with Crippen LogP contribution in [0.15, 0.2) is 0 Å². The van der Waals surface area contributed by atoms with E-state index in [2.05, 4.69) is 18.7 Å². The molecule has 0 radical (unpaired) electrons. The first-order valence-corrected chi connectivity index (χ1v) is 5.05. The van der Waals surface area contributed by atoms with Gasteiger partial charge >= 0.3 is 0 Å². The summed E-state index contributed by atoms with van der Waals surface area (Å²) in [6.07, 6.45) is 1.41. The van der Waals surface area contributed by atoms with E-state index in [1.54, 1.807) is 0 Å². The van der Waals surface area contributed by atoms with Gasteiger partial charge in [-0.25, -0.2) is 0 Å². The van der Waals surface area contributed by atoms with Crippen LogP contribution in [0.4, 0.5) is 0 Å². The lowest BCUT2D eigenvalue weighted by atomic mass is 10.2. The Kier molecular flexibility index (Phi) is 20.2. The number of rotatable bonds is 1. The van der Waals surface area contributed by atoms with Gasteiger partial charge in [-0.1, -0.05) is 35.1 Å². The van der Waals surface area contributed by atoms with Gasteiger partial charge in [0.2, 0.25) is 0 Å². The fraction of sp³-hybridized carbons (Fsp3) is 1.00. The lowest BCUT2D eigenvalue weighted by molar-refractivity contribution is 0.138. The van der Waals surface area contributed by atoms with Crippen molar-refractivity contribution in [1.29, 1.82) is 0 Å². The molecule has 1 rings (SSSR count). The SMILES string of the molecule is C.CC.CC.CC(C)N1CCC1. The van der Waals surface area contributed by atoms with E-state index in [1.807, 2.05) is 27.7 Å².